The molecule has 1 saturated carbocycles. The van der Waals surface area contributed by atoms with Gasteiger partial charge in [0.25, 0.3) is 12.9 Å². The topological polar surface area (TPSA) is 97.4 Å². The summed E-state index contributed by atoms with van der Waals surface area (Å²) < 4.78 is 54.3. The van der Waals surface area contributed by atoms with Gasteiger partial charge in [-0.2, -0.15) is 14.8 Å². The normalized spacial score (nSPS) is 16.7. The molecule has 14 heteroatoms. The van der Waals surface area contributed by atoms with Gasteiger partial charge in [-0.15, -0.1) is 5.10 Å². The molecular formula is C22H22ClF4N9. The van der Waals surface area contributed by atoms with Gasteiger partial charge in [-0.3, -0.25) is 4.90 Å². The molecule has 190 valence electrons. The molecule has 3 heterocycles. The van der Waals surface area contributed by atoms with E-state index in [1.807, 2.05) is 6.07 Å². The lowest BCUT2D eigenvalue weighted by molar-refractivity contribution is 0.0854. The molecule has 1 aromatic carbocycles. The molecule has 0 radical (unpaired) electrons. The van der Waals surface area contributed by atoms with E-state index in [4.69, 9.17) is 11.6 Å². The second-order valence-corrected chi connectivity index (χ2v) is 9.08. The van der Waals surface area contributed by atoms with Gasteiger partial charge < -0.3 is 15.5 Å². The van der Waals surface area contributed by atoms with E-state index in [0.29, 0.717) is 43.3 Å². The molecule has 9 nitrogen and oxygen atoms in total. The molecule has 2 aromatic heterocycles. The number of halogens is 5. The van der Waals surface area contributed by atoms with Crippen molar-refractivity contribution < 1.29 is 17.6 Å². The number of nitriles is 1. The molecular weight excluding hydrogens is 502 g/mol. The molecule has 3 aromatic rings. The van der Waals surface area contributed by atoms with Crippen molar-refractivity contribution in [3.05, 3.63) is 34.6 Å². The van der Waals surface area contributed by atoms with Crippen molar-refractivity contribution in [3.63, 3.8) is 0 Å². The fourth-order valence-corrected chi connectivity index (χ4v) is 4.37. The van der Waals surface area contributed by atoms with E-state index >= 15 is 0 Å². The predicted octanol–water partition coefficient (Wildman–Crippen LogP) is 4.29. The molecule has 1 aliphatic carbocycles. The maximum absolute atomic E-state index is 13.8. The minimum absolute atomic E-state index is 0.0427. The number of fused-ring (bicyclic) bond motifs is 1. The van der Waals surface area contributed by atoms with E-state index in [1.54, 1.807) is 9.80 Å². The number of rotatable bonds is 8. The number of alkyl halides is 4. The third-order valence-electron chi connectivity index (χ3n) is 6.08. The summed E-state index contributed by atoms with van der Waals surface area (Å²) in [6, 6.07) is 4.79. The van der Waals surface area contributed by atoms with Crippen LogP contribution in [-0.2, 0) is 0 Å². The van der Waals surface area contributed by atoms with Crippen LogP contribution in [0.2, 0.25) is 5.02 Å². The highest BCUT2D eigenvalue weighted by Crippen LogP contribution is 2.39. The van der Waals surface area contributed by atoms with Crippen LogP contribution in [0.25, 0.3) is 5.65 Å². The summed E-state index contributed by atoms with van der Waals surface area (Å²) in [6.45, 7) is 1.10. The minimum atomic E-state index is -2.77. The summed E-state index contributed by atoms with van der Waals surface area (Å²) in [5, 5.41) is 20.1. The van der Waals surface area contributed by atoms with Crippen molar-refractivity contribution in [2.24, 2.45) is 0 Å². The minimum Gasteiger partial charge on any atom is -0.368 e. The molecule has 5 rings (SSSR count). The van der Waals surface area contributed by atoms with Crippen molar-refractivity contribution in [1.82, 2.24) is 24.5 Å². The third-order valence-corrected chi connectivity index (χ3v) is 6.48. The average molecular weight is 524 g/mol. The summed E-state index contributed by atoms with van der Waals surface area (Å²) in [6.07, 6.45) is -1.88. The Morgan fingerprint density at radius 3 is 2.53 bits per heavy atom. The molecule has 0 spiro atoms. The highest BCUT2D eigenvalue weighted by atomic mass is 35.5. The van der Waals surface area contributed by atoms with E-state index in [1.165, 1.54) is 22.8 Å². The van der Waals surface area contributed by atoms with Crippen LogP contribution in [0.3, 0.4) is 0 Å². The van der Waals surface area contributed by atoms with Crippen LogP contribution in [-0.4, -0.2) is 69.7 Å². The van der Waals surface area contributed by atoms with Crippen LogP contribution >= 0.6 is 11.6 Å². The van der Waals surface area contributed by atoms with Crippen molar-refractivity contribution in [1.29, 1.82) is 5.26 Å². The number of hydrogen-bond acceptors (Lipinski definition) is 8. The standard InChI is InChI=1S/C22H22ClF4N9/c23-18-15(7-12(19(26)27)8-16(18)35-5-3-34(4-6-35)11-17(24)25)31-22-32-20(30-13-1-2-13)21-29-10-14(9-28)36(21)33-22/h7-8,10,13,17,19H,1-6,11H2,(H2,30,31,32,33). The first kappa shape index (κ1) is 24.3. The van der Waals surface area contributed by atoms with E-state index in [0.717, 1.165) is 12.8 Å². The Hall–Kier alpha value is -3.37. The summed E-state index contributed by atoms with van der Waals surface area (Å²) >= 11 is 6.65. The summed E-state index contributed by atoms with van der Waals surface area (Å²) in [5.74, 6) is 0.453. The molecule has 2 fully saturated rings. The number of nitrogens with one attached hydrogen (secondary N) is 2. The van der Waals surface area contributed by atoms with Crippen molar-refractivity contribution in [2.75, 3.05) is 48.3 Å². The fourth-order valence-electron chi connectivity index (χ4n) is 4.09. The van der Waals surface area contributed by atoms with Crippen LogP contribution in [0.15, 0.2) is 18.3 Å². The van der Waals surface area contributed by atoms with Gasteiger partial charge in [-0.05, 0) is 25.0 Å². The lowest BCUT2D eigenvalue weighted by Crippen LogP contribution is -2.47. The van der Waals surface area contributed by atoms with Gasteiger partial charge >= 0.3 is 0 Å². The van der Waals surface area contributed by atoms with Crippen LogP contribution in [0.5, 0.6) is 0 Å². The second-order valence-electron chi connectivity index (χ2n) is 8.70. The van der Waals surface area contributed by atoms with E-state index < -0.39 is 12.9 Å². The van der Waals surface area contributed by atoms with E-state index in [-0.39, 0.29) is 40.5 Å². The maximum Gasteiger partial charge on any atom is 0.264 e. The van der Waals surface area contributed by atoms with Gasteiger partial charge in [0.05, 0.1) is 29.1 Å². The number of imidazole rings is 1. The highest BCUT2D eigenvalue weighted by Gasteiger charge is 2.26. The molecule has 0 atom stereocenters. The zero-order chi connectivity index (χ0) is 25.4. The number of hydrogen-bond donors (Lipinski definition) is 2. The number of nitrogens with zero attached hydrogens (tertiary/aromatic N) is 7. The van der Waals surface area contributed by atoms with Gasteiger partial charge in [0, 0.05) is 37.8 Å². The quantitative estimate of drug-likeness (QED) is 0.422. The molecule has 36 heavy (non-hydrogen) atoms. The Morgan fingerprint density at radius 2 is 1.89 bits per heavy atom. The van der Waals surface area contributed by atoms with Gasteiger partial charge in [0.2, 0.25) is 5.95 Å². The molecule has 0 bridgehead atoms. The Morgan fingerprint density at radius 1 is 1.14 bits per heavy atom. The van der Waals surface area contributed by atoms with Crippen LogP contribution in [0, 0.1) is 11.3 Å². The van der Waals surface area contributed by atoms with Crippen LogP contribution < -0.4 is 15.5 Å². The summed E-state index contributed by atoms with van der Waals surface area (Å²) in [5.41, 5.74) is 0.828. The second kappa shape index (κ2) is 9.94. The fraction of sp³-hybridized carbons (Fsp3) is 0.455. The third kappa shape index (κ3) is 5.10. The van der Waals surface area contributed by atoms with Crippen molar-refractivity contribution >= 4 is 40.4 Å². The predicted molar refractivity (Wildman–Crippen MR) is 126 cm³/mol. The smallest absolute Gasteiger partial charge is 0.264 e. The van der Waals surface area contributed by atoms with Gasteiger partial charge in [0.15, 0.2) is 17.2 Å². The zero-order valence-corrected chi connectivity index (χ0v) is 19.7. The van der Waals surface area contributed by atoms with Crippen molar-refractivity contribution in [3.8, 4) is 6.07 Å². The lowest BCUT2D eigenvalue weighted by atomic mass is 10.1. The highest BCUT2D eigenvalue weighted by molar-refractivity contribution is 6.36. The first-order valence-corrected chi connectivity index (χ1v) is 11.8. The van der Waals surface area contributed by atoms with Gasteiger partial charge in [0.1, 0.15) is 6.07 Å². The largest absolute Gasteiger partial charge is 0.368 e. The molecule has 1 saturated heterocycles. The molecule has 0 amide bonds. The van der Waals surface area contributed by atoms with Gasteiger partial charge in [-0.1, -0.05) is 11.6 Å². The summed E-state index contributed by atoms with van der Waals surface area (Å²) in [7, 11) is 0. The zero-order valence-electron chi connectivity index (χ0n) is 18.9. The van der Waals surface area contributed by atoms with Crippen LogP contribution in [0.1, 0.15) is 30.5 Å². The lowest BCUT2D eigenvalue weighted by Gasteiger charge is -2.36. The van der Waals surface area contributed by atoms with Gasteiger partial charge in [-0.25, -0.2) is 22.5 Å². The Bertz CT molecular complexity index is 1300. The molecule has 1 aliphatic heterocycles. The average Bonchev–Trinajstić information content (AvgIpc) is 3.56. The van der Waals surface area contributed by atoms with Crippen molar-refractivity contribution in [2.45, 2.75) is 31.7 Å². The summed E-state index contributed by atoms with van der Waals surface area (Å²) in [4.78, 5) is 12.1. The van der Waals surface area contributed by atoms with E-state index in [2.05, 4.69) is 25.7 Å². The maximum atomic E-state index is 13.8. The van der Waals surface area contributed by atoms with Crippen LogP contribution in [0.4, 0.5) is 40.7 Å². The first-order valence-electron chi connectivity index (χ1n) is 11.4. The number of anilines is 4. The molecule has 0 unspecified atom stereocenters. The number of aromatic nitrogens is 4. The Balaban J connectivity index is 1.47. The SMILES string of the molecule is N#Cc1cnc2c(NC3CC3)nc(Nc3cc(C(F)F)cc(N4CCN(CC(F)F)CC4)c3Cl)nn12. The number of benzene rings is 1. The molecule has 2 aliphatic rings. The van der Waals surface area contributed by atoms with E-state index in [9.17, 15) is 22.8 Å². The first-order chi connectivity index (χ1) is 17.3. The number of piperazine rings is 1. The Kier molecular flexibility index (Phi) is 6.72. The monoisotopic (exact) mass is 523 g/mol. The Labute approximate surface area is 208 Å². The molecule has 2 N–H and O–H groups in total.